The van der Waals surface area contributed by atoms with Gasteiger partial charge in [-0.1, -0.05) is 35.3 Å². The van der Waals surface area contributed by atoms with E-state index in [-0.39, 0.29) is 0 Å². The second-order valence-electron chi connectivity index (χ2n) is 7.12. The molecule has 1 atom stereocenters. The van der Waals surface area contributed by atoms with Crippen molar-refractivity contribution < 1.29 is 0 Å². The van der Waals surface area contributed by atoms with Crippen LogP contribution in [0, 0.1) is 0 Å². The Hall–Kier alpha value is -1.74. The van der Waals surface area contributed by atoms with E-state index in [9.17, 15) is 0 Å². The van der Waals surface area contributed by atoms with Gasteiger partial charge in [-0.05, 0) is 74.3 Å². The number of halogens is 2. The van der Waals surface area contributed by atoms with E-state index in [0.29, 0.717) is 6.04 Å². The highest BCUT2D eigenvalue weighted by atomic mass is 35.5. The first-order valence-corrected chi connectivity index (χ1v) is 9.68. The Morgan fingerprint density at radius 2 is 1.77 bits per heavy atom. The van der Waals surface area contributed by atoms with Crippen molar-refractivity contribution in [1.29, 1.82) is 0 Å². The van der Waals surface area contributed by atoms with Crippen LogP contribution in [0.4, 0.5) is 0 Å². The Morgan fingerprint density at radius 3 is 2.50 bits per heavy atom. The van der Waals surface area contributed by atoms with Crippen molar-refractivity contribution in [2.75, 3.05) is 13.6 Å². The minimum absolute atomic E-state index is 0.360. The van der Waals surface area contributed by atoms with Crippen LogP contribution < -0.4 is 0 Å². The number of fused-ring (bicyclic) bond motifs is 3. The van der Waals surface area contributed by atoms with E-state index in [1.807, 2.05) is 18.2 Å². The minimum atomic E-state index is 0.360. The Bertz CT molecular complexity index is 999. The quantitative estimate of drug-likeness (QED) is 0.488. The summed E-state index contributed by atoms with van der Waals surface area (Å²) in [5.41, 5.74) is 6.39. The molecule has 1 aliphatic heterocycles. The van der Waals surface area contributed by atoms with Crippen LogP contribution in [0.1, 0.15) is 36.7 Å². The number of allylic oxidation sites excluding steroid dienone is 1. The zero-order valence-electron chi connectivity index (χ0n) is 15.3. The molecule has 4 rings (SSSR count). The Morgan fingerprint density at radius 1 is 1.08 bits per heavy atom. The fraction of sp³-hybridized carbons (Fsp3) is 0.273. The van der Waals surface area contributed by atoms with Crippen LogP contribution in [0.3, 0.4) is 0 Å². The van der Waals surface area contributed by atoms with Crippen molar-refractivity contribution in [2.24, 2.45) is 0 Å². The highest BCUT2D eigenvalue weighted by Gasteiger charge is 2.27. The SMILES string of the molecule is CC(=Cn1c2c(c3cc(Cl)ccc31)CCN(C)C2C)c1ccc(Cl)cc1. The monoisotopic (exact) mass is 384 g/mol. The summed E-state index contributed by atoms with van der Waals surface area (Å²) in [6.07, 6.45) is 3.29. The average Bonchev–Trinajstić information content (AvgIpc) is 2.92. The summed E-state index contributed by atoms with van der Waals surface area (Å²) in [6, 6.07) is 14.6. The Balaban J connectivity index is 1.94. The van der Waals surface area contributed by atoms with Crippen LogP contribution in [-0.2, 0) is 6.42 Å². The fourth-order valence-corrected chi connectivity index (χ4v) is 4.20. The van der Waals surface area contributed by atoms with Gasteiger partial charge in [-0.15, -0.1) is 0 Å². The number of nitrogens with zero attached hydrogens (tertiary/aromatic N) is 2. The van der Waals surface area contributed by atoms with E-state index in [1.54, 1.807) is 0 Å². The number of aromatic nitrogens is 1. The predicted molar refractivity (Wildman–Crippen MR) is 113 cm³/mol. The lowest BCUT2D eigenvalue weighted by molar-refractivity contribution is 0.242. The lowest BCUT2D eigenvalue weighted by atomic mass is 9.99. The second kappa shape index (κ2) is 6.77. The van der Waals surface area contributed by atoms with E-state index >= 15 is 0 Å². The van der Waals surface area contributed by atoms with Gasteiger partial charge in [0, 0.05) is 39.9 Å². The van der Waals surface area contributed by atoms with Gasteiger partial charge in [0.1, 0.15) is 0 Å². The zero-order chi connectivity index (χ0) is 18.4. The van der Waals surface area contributed by atoms with Crippen molar-refractivity contribution in [3.05, 3.63) is 69.3 Å². The molecule has 134 valence electrons. The summed E-state index contributed by atoms with van der Waals surface area (Å²) in [7, 11) is 2.19. The molecule has 0 bridgehead atoms. The number of likely N-dealkylation sites (N-methyl/N-ethyl adjacent to an activating group) is 1. The molecule has 0 N–H and O–H groups in total. The van der Waals surface area contributed by atoms with Crippen molar-refractivity contribution in [3.63, 3.8) is 0 Å². The molecule has 1 unspecified atom stereocenters. The van der Waals surface area contributed by atoms with E-state index in [4.69, 9.17) is 23.2 Å². The lowest BCUT2D eigenvalue weighted by Crippen LogP contribution is -2.31. The predicted octanol–water partition coefficient (Wildman–Crippen LogP) is 6.52. The Kier molecular flexibility index (Phi) is 4.60. The van der Waals surface area contributed by atoms with Gasteiger partial charge >= 0.3 is 0 Å². The summed E-state index contributed by atoms with van der Waals surface area (Å²) in [5.74, 6) is 0. The summed E-state index contributed by atoms with van der Waals surface area (Å²) < 4.78 is 2.35. The van der Waals surface area contributed by atoms with Crippen LogP contribution >= 0.6 is 23.2 Å². The van der Waals surface area contributed by atoms with Gasteiger partial charge in [-0.25, -0.2) is 0 Å². The third kappa shape index (κ3) is 2.96. The Labute approximate surface area is 164 Å². The second-order valence-corrected chi connectivity index (χ2v) is 7.99. The number of rotatable bonds is 2. The molecular weight excluding hydrogens is 363 g/mol. The van der Waals surface area contributed by atoms with Crippen LogP contribution in [0.15, 0.2) is 42.5 Å². The minimum Gasteiger partial charge on any atom is -0.318 e. The third-order valence-electron chi connectivity index (χ3n) is 5.51. The molecule has 1 aromatic heterocycles. The normalized spacial score (nSPS) is 18.3. The molecule has 0 aliphatic carbocycles. The number of benzene rings is 2. The van der Waals surface area contributed by atoms with Gasteiger partial charge in [-0.2, -0.15) is 0 Å². The lowest BCUT2D eigenvalue weighted by Gasteiger charge is -2.31. The van der Waals surface area contributed by atoms with Crippen molar-refractivity contribution in [1.82, 2.24) is 9.47 Å². The molecule has 0 saturated carbocycles. The zero-order valence-corrected chi connectivity index (χ0v) is 16.8. The number of hydrogen-bond donors (Lipinski definition) is 0. The summed E-state index contributed by atoms with van der Waals surface area (Å²) in [6.45, 7) is 5.49. The van der Waals surface area contributed by atoms with E-state index in [0.717, 1.165) is 23.0 Å². The maximum atomic E-state index is 6.30. The summed E-state index contributed by atoms with van der Waals surface area (Å²) >= 11 is 12.3. The topological polar surface area (TPSA) is 8.17 Å². The smallest absolute Gasteiger partial charge is 0.0530 e. The first-order chi connectivity index (χ1) is 12.5. The van der Waals surface area contributed by atoms with Crippen LogP contribution in [-0.4, -0.2) is 23.1 Å². The summed E-state index contributed by atoms with van der Waals surface area (Å²) in [4.78, 5) is 2.41. The molecule has 0 radical (unpaired) electrons. The molecule has 0 spiro atoms. The molecule has 1 aliphatic rings. The van der Waals surface area contributed by atoms with E-state index in [2.05, 4.69) is 60.8 Å². The largest absolute Gasteiger partial charge is 0.318 e. The van der Waals surface area contributed by atoms with Gasteiger partial charge in [0.15, 0.2) is 0 Å². The van der Waals surface area contributed by atoms with E-state index in [1.165, 1.54) is 33.3 Å². The van der Waals surface area contributed by atoms with Gasteiger partial charge in [0.05, 0.1) is 5.52 Å². The molecule has 2 aromatic carbocycles. The maximum Gasteiger partial charge on any atom is 0.0530 e. The average molecular weight is 385 g/mol. The molecule has 0 fully saturated rings. The molecule has 4 heteroatoms. The van der Waals surface area contributed by atoms with Crippen molar-refractivity contribution in [3.8, 4) is 0 Å². The fourth-order valence-electron chi connectivity index (χ4n) is 3.90. The van der Waals surface area contributed by atoms with Crippen molar-refractivity contribution in [2.45, 2.75) is 26.3 Å². The van der Waals surface area contributed by atoms with Crippen LogP contribution in [0.25, 0.3) is 22.7 Å². The van der Waals surface area contributed by atoms with E-state index < -0.39 is 0 Å². The molecule has 0 saturated heterocycles. The van der Waals surface area contributed by atoms with Crippen molar-refractivity contribution >= 4 is 45.9 Å². The van der Waals surface area contributed by atoms with Gasteiger partial charge in [-0.3, -0.25) is 4.90 Å². The first kappa shape index (κ1) is 17.7. The third-order valence-corrected chi connectivity index (χ3v) is 5.99. The van der Waals surface area contributed by atoms with Crippen LogP contribution in [0.2, 0.25) is 10.0 Å². The van der Waals surface area contributed by atoms with Gasteiger partial charge in [0.25, 0.3) is 0 Å². The van der Waals surface area contributed by atoms with Gasteiger partial charge < -0.3 is 4.57 Å². The molecule has 2 nitrogen and oxygen atoms in total. The maximum absolute atomic E-state index is 6.30. The highest BCUT2D eigenvalue weighted by molar-refractivity contribution is 6.31. The first-order valence-electron chi connectivity index (χ1n) is 8.92. The molecular formula is C22H22Cl2N2. The molecule has 0 amide bonds. The van der Waals surface area contributed by atoms with Gasteiger partial charge in [0.2, 0.25) is 0 Å². The molecule has 3 aromatic rings. The summed E-state index contributed by atoms with van der Waals surface area (Å²) in [5, 5.41) is 2.82. The molecule has 26 heavy (non-hydrogen) atoms. The highest BCUT2D eigenvalue weighted by Crippen LogP contribution is 2.38. The molecule has 2 heterocycles. The standard InChI is InChI=1S/C22H22Cl2N2/c1-14(16-4-6-17(23)7-5-16)13-26-21-9-8-18(24)12-20(21)19-10-11-25(3)15(2)22(19)26/h4-9,12-13,15H,10-11H2,1-3H3. The van der Waals surface area contributed by atoms with Crippen LogP contribution in [0.5, 0.6) is 0 Å². The number of hydrogen-bond acceptors (Lipinski definition) is 1.